The van der Waals surface area contributed by atoms with Gasteiger partial charge in [-0.1, -0.05) is 24.3 Å². The maximum atomic E-state index is 6.18. The van der Waals surface area contributed by atoms with E-state index >= 15 is 0 Å². The highest BCUT2D eigenvalue weighted by molar-refractivity contribution is 5.85. The summed E-state index contributed by atoms with van der Waals surface area (Å²) in [5.74, 6) is 1.74. The fourth-order valence-corrected chi connectivity index (χ4v) is 2.94. The number of hydrogen-bond acceptors (Lipinski definition) is 4. The van der Waals surface area contributed by atoms with Gasteiger partial charge in [-0.15, -0.1) is 12.4 Å². The number of aromatic nitrogens is 2. The lowest BCUT2D eigenvalue weighted by Gasteiger charge is -2.19. The lowest BCUT2D eigenvalue weighted by atomic mass is 10.1. The first-order chi connectivity index (χ1) is 13.3. The van der Waals surface area contributed by atoms with Crippen LogP contribution in [-0.4, -0.2) is 30.4 Å². The number of imidazole rings is 1. The van der Waals surface area contributed by atoms with Gasteiger partial charge < -0.3 is 18.8 Å². The van der Waals surface area contributed by atoms with Crippen LogP contribution < -0.4 is 9.47 Å². The number of halogens is 1. The molecule has 3 aromatic rings. The van der Waals surface area contributed by atoms with Crippen molar-refractivity contribution in [3.63, 3.8) is 0 Å². The lowest BCUT2D eigenvalue weighted by Crippen LogP contribution is -2.15. The molecule has 0 aliphatic heterocycles. The van der Waals surface area contributed by atoms with Crippen LogP contribution in [0.25, 0.3) is 0 Å². The van der Waals surface area contributed by atoms with E-state index in [0.29, 0.717) is 6.61 Å². The minimum Gasteiger partial charge on any atom is -0.497 e. The Hall–Kier alpha value is -2.50. The summed E-state index contributed by atoms with van der Waals surface area (Å²) in [5, 5.41) is 0. The van der Waals surface area contributed by atoms with Crippen LogP contribution in [-0.2, 0) is 17.6 Å². The number of aryl methyl sites for hydroxylation is 1. The van der Waals surface area contributed by atoms with Crippen LogP contribution in [0.15, 0.2) is 67.3 Å². The van der Waals surface area contributed by atoms with Gasteiger partial charge in [0.2, 0.25) is 0 Å². The van der Waals surface area contributed by atoms with E-state index < -0.39 is 0 Å². The van der Waals surface area contributed by atoms with E-state index in [-0.39, 0.29) is 18.6 Å². The van der Waals surface area contributed by atoms with Gasteiger partial charge in [0.1, 0.15) is 17.7 Å². The molecule has 1 atom stereocenters. The summed E-state index contributed by atoms with van der Waals surface area (Å²) in [5.41, 5.74) is 2.48. The molecule has 6 heteroatoms. The van der Waals surface area contributed by atoms with E-state index in [4.69, 9.17) is 14.2 Å². The molecule has 0 radical (unpaired) electrons. The van der Waals surface area contributed by atoms with Crippen molar-refractivity contribution in [3.8, 4) is 11.5 Å². The fourth-order valence-electron chi connectivity index (χ4n) is 2.94. The number of nitrogens with zero attached hydrogens (tertiary/aromatic N) is 2. The molecular weight excluding hydrogens is 376 g/mol. The third-order valence-corrected chi connectivity index (χ3v) is 4.51. The van der Waals surface area contributed by atoms with Gasteiger partial charge in [-0.25, -0.2) is 4.98 Å². The second-order valence-electron chi connectivity index (χ2n) is 6.34. The van der Waals surface area contributed by atoms with Crippen LogP contribution in [0.1, 0.15) is 23.8 Å². The van der Waals surface area contributed by atoms with Crippen LogP contribution in [0, 0.1) is 0 Å². The minimum atomic E-state index is -0.0724. The highest BCUT2D eigenvalue weighted by Gasteiger charge is 2.12. The third kappa shape index (κ3) is 6.29. The molecule has 0 aliphatic carbocycles. The lowest BCUT2D eigenvalue weighted by molar-refractivity contribution is 0.00155. The smallest absolute Gasteiger partial charge is 0.138 e. The molecule has 1 unspecified atom stereocenters. The molecule has 0 spiro atoms. The van der Waals surface area contributed by atoms with Gasteiger partial charge in [-0.05, 0) is 48.2 Å². The number of rotatable bonds is 10. The number of benzene rings is 2. The Morgan fingerprint density at radius 3 is 2.04 bits per heavy atom. The number of hydrogen-bond donors (Lipinski definition) is 0. The highest BCUT2D eigenvalue weighted by atomic mass is 35.5. The molecule has 5 nitrogen and oxygen atoms in total. The van der Waals surface area contributed by atoms with E-state index in [1.165, 1.54) is 11.1 Å². The van der Waals surface area contributed by atoms with Gasteiger partial charge in [0.05, 0.1) is 20.5 Å². The molecule has 1 heterocycles. The Morgan fingerprint density at radius 2 is 1.50 bits per heavy atom. The molecule has 0 fully saturated rings. The topological polar surface area (TPSA) is 45.5 Å². The van der Waals surface area contributed by atoms with Crippen molar-refractivity contribution in [1.82, 2.24) is 9.55 Å². The van der Waals surface area contributed by atoms with Crippen molar-refractivity contribution < 1.29 is 14.2 Å². The molecule has 2 aromatic carbocycles. The molecule has 3 rings (SSSR count). The number of ether oxygens (including phenoxy) is 3. The molecule has 28 heavy (non-hydrogen) atoms. The van der Waals surface area contributed by atoms with E-state index in [0.717, 1.165) is 30.8 Å². The predicted octanol–water partition coefficient (Wildman–Crippen LogP) is 4.71. The monoisotopic (exact) mass is 402 g/mol. The maximum Gasteiger partial charge on any atom is 0.138 e. The van der Waals surface area contributed by atoms with E-state index in [9.17, 15) is 0 Å². The van der Waals surface area contributed by atoms with Gasteiger partial charge in [-0.3, -0.25) is 0 Å². The zero-order valence-corrected chi connectivity index (χ0v) is 17.1. The Bertz CT molecular complexity index is 790. The summed E-state index contributed by atoms with van der Waals surface area (Å²) in [7, 11) is 3.36. The minimum absolute atomic E-state index is 0. The quantitative estimate of drug-likeness (QED) is 0.460. The van der Waals surface area contributed by atoms with E-state index in [2.05, 4.69) is 29.2 Å². The molecule has 0 saturated heterocycles. The molecule has 0 saturated carbocycles. The first-order valence-electron chi connectivity index (χ1n) is 9.13. The summed E-state index contributed by atoms with van der Waals surface area (Å²) in [4.78, 5) is 4.16. The Labute approximate surface area is 172 Å². The summed E-state index contributed by atoms with van der Waals surface area (Å²) in [6, 6.07) is 16.3. The summed E-state index contributed by atoms with van der Waals surface area (Å²) < 4.78 is 18.6. The summed E-state index contributed by atoms with van der Waals surface area (Å²) in [6.07, 6.45) is 8.17. The van der Waals surface area contributed by atoms with Crippen LogP contribution in [0.3, 0.4) is 0 Å². The fraction of sp³-hybridized carbons (Fsp3) is 0.318. The van der Waals surface area contributed by atoms with E-state index in [1.807, 2.05) is 35.0 Å². The van der Waals surface area contributed by atoms with Gasteiger partial charge >= 0.3 is 0 Å². The molecule has 1 aromatic heterocycles. The first-order valence-corrected chi connectivity index (χ1v) is 9.13. The molecule has 150 valence electrons. The van der Waals surface area contributed by atoms with Gasteiger partial charge in [0.15, 0.2) is 0 Å². The Kier molecular flexibility index (Phi) is 8.85. The normalized spacial score (nSPS) is 11.5. The average molecular weight is 403 g/mol. The predicted molar refractivity (Wildman–Crippen MR) is 112 cm³/mol. The van der Waals surface area contributed by atoms with Crippen molar-refractivity contribution in [1.29, 1.82) is 0 Å². The molecule has 0 N–H and O–H groups in total. The van der Waals surface area contributed by atoms with Crippen LogP contribution in [0.5, 0.6) is 11.5 Å². The van der Waals surface area contributed by atoms with Crippen molar-refractivity contribution in [3.05, 3.63) is 78.4 Å². The Morgan fingerprint density at radius 1 is 0.893 bits per heavy atom. The second-order valence-corrected chi connectivity index (χ2v) is 6.34. The Balaban J connectivity index is 0.00000280. The zero-order chi connectivity index (χ0) is 18.9. The van der Waals surface area contributed by atoms with Crippen LogP contribution in [0.4, 0.5) is 0 Å². The number of methoxy groups -OCH3 is 2. The molecule has 0 amide bonds. The van der Waals surface area contributed by atoms with Gasteiger partial charge in [0.25, 0.3) is 0 Å². The van der Waals surface area contributed by atoms with E-state index in [1.54, 1.807) is 26.7 Å². The van der Waals surface area contributed by atoms with Crippen molar-refractivity contribution in [2.45, 2.75) is 25.5 Å². The van der Waals surface area contributed by atoms with Crippen molar-refractivity contribution in [2.24, 2.45) is 0 Å². The van der Waals surface area contributed by atoms with Gasteiger partial charge in [0, 0.05) is 25.4 Å². The first kappa shape index (κ1) is 21.8. The largest absolute Gasteiger partial charge is 0.497 e. The molecule has 0 bridgehead atoms. The zero-order valence-electron chi connectivity index (χ0n) is 16.3. The highest BCUT2D eigenvalue weighted by Crippen LogP contribution is 2.19. The maximum absolute atomic E-state index is 6.18. The van der Waals surface area contributed by atoms with Gasteiger partial charge in [-0.2, -0.15) is 0 Å². The average Bonchev–Trinajstić information content (AvgIpc) is 3.26. The van der Waals surface area contributed by atoms with Crippen LogP contribution >= 0.6 is 12.4 Å². The second kappa shape index (κ2) is 11.4. The third-order valence-electron chi connectivity index (χ3n) is 4.51. The molecule has 0 aliphatic rings. The van der Waals surface area contributed by atoms with Crippen molar-refractivity contribution in [2.75, 3.05) is 20.8 Å². The summed E-state index contributed by atoms with van der Waals surface area (Å²) in [6.45, 7) is 0.686. The summed E-state index contributed by atoms with van der Waals surface area (Å²) >= 11 is 0. The van der Waals surface area contributed by atoms with Crippen molar-refractivity contribution >= 4 is 12.4 Å². The van der Waals surface area contributed by atoms with Crippen LogP contribution in [0.2, 0.25) is 0 Å². The standard InChI is InChI=1S/C22H26N2O3.ClH/c1-25-20-9-5-18(6-10-20)4-3-15-27-22(24-14-13-23-17-24)16-19-7-11-21(26-2)12-8-19;/h5-14,17,22H,3-4,15-16H2,1-2H3;1H. The SMILES string of the molecule is COc1ccc(CCCOC(Cc2ccc(OC)cc2)n2ccnc2)cc1.Cl. The molecular formula is C22H27ClN2O3.